The number of aliphatic carboxylic acids is 3. The van der Waals surface area contributed by atoms with E-state index in [-0.39, 0.29) is 6.42 Å². The number of rotatable bonds is 11. The van der Waals surface area contributed by atoms with Crippen LogP contribution in [0.1, 0.15) is 24.1 Å². The fraction of sp³-hybridized carbons (Fsp3) is 0.357. The number of fused-ring (bicyclic) bond motifs is 4. The lowest BCUT2D eigenvalue weighted by Gasteiger charge is -2.21. The zero-order valence-corrected chi connectivity index (χ0v) is 24.6. The first-order valence-electron chi connectivity index (χ1n) is 12.7. The third-order valence-corrected chi connectivity index (χ3v) is 7.89. The molecule has 0 saturated carbocycles. The Morgan fingerprint density at radius 2 is 1.42 bits per heavy atom. The third kappa shape index (κ3) is 7.42. The minimum atomic E-state index is -5.09. The van der Waals surface area contributed by atoms with Crippen LogP contribution >= 0.6 is 0 Å². The zero-order valence-electron chi connectivity index (χ0n) is 23.8. The number of aryl methyl sites for hydroxylation is 2. The fourth-order valence-electron chi connectivity index (χ4n) is 4.82. The van der Waals surface area contributed by atoms with E-state index in [0.29, 0.717) is 29.4 Å². The summed E-state index contributed by atoms with van der Waals surface area (Å²) in [7, 11) is 1.37. The molecular formula is C28H31NO13S. The molecule has 4 rings (SSSR count). The molecule has 14 nitrogen and oxygen atoms in total. The quantitative estimate of drug-likeness (QED) is 0.206. The van der Waals surface area contributed by atoms with Crippen LogP contribution in [0.15, 0.2) is 30.3 Å². The average molecular weight is 622 g/mol. The normalized spacial score (nSPS) is 12.6. The number of benzene rings is 2. The molecule has 0 saturated heterocycles. The van der Waals surface area contributed by atoms with E-state index >= 15 is 0 Å². The zero-order chi connectivity index (χ0) is 32.1. The predicted molar refractivity (Wildman–Crippen MR) is 149 cm³/mol. The van der Waals surface area contributed by atoms with Crippen LogP contribution in [0.5, 0.6) is 23.0 Å². The van der Waals surface area contributed by atoms with Crippen LogP contribution < -0.4 is 23.5 Å². The van der Waals surface area contributed by atoms with Gasteiger partial charge >= 0.3 is 17.9 Å². The van der Waals surface area contributed by atoms with E-state index in [0.717, 1.165) is 40.7 Å². The lowest BCUT2D eigenvalue weighted by atomic mass is 9.93. The minimum absolute atomic E-state index is 0.0473. The first-order chi connectivity index (χ1) is 20.2. The number of ether oxygens (including phenoxy) is 4. The van der Waals surface area contributed by atoms with Crippen LogP contribution in [-0.4, -0.2) is 79.9 Å². The Bertz CT molecular complexity index is 1670. The van der Waals surface area contributed by atoms with E-state index in [1.807, 2.05) is 24.3 Å². The molecule has 2 aromatic carbocycles. The molecule has 1 aromatic heterocycles. The molecule has 3 aromatic rings. The van der Waals surface area contributed by atoms with Gasteiger partial charge in [-0.3, -0.25) is 14.4 Å². The average Bonchev–Trinajstić information content (AvgIpc) is 2.95. The highest BCUT2D eigenvalue weighted by molar-refractivity contribution is 7.87. The van der Waals surface area contributed by atoms with Gasteiger partial charge in [0.1, 0.15) is 10.1 Å². The molecule has 3 N–H and O–H groups in total. The summed E-state index contributed by atoms with van der Waals surface area (Å²) < 4.78 is 54.5. The van der Waals surface area contributed by atoms with Gasteiger partial charge in [0.25, 0.3) is 0 Å². The van der Waals surface area contributed by atoms with Crippen LogP contribution in [0.25, 0.3) is 22.0 Å². The molecule has 0 fully saturated rings. The van der Waals surface area contributed by atoms with E-state index in [1.54, 1.807) is 28.4 Å². The molecule has 1 aliphatic rings. The van der Waals surface area contributed by atoms with Gasteiger partial charge < -0.3 is 38.8 Å². The molecule has 0 bridgehead atoms. The number of hydrogen-bond acceptors (Lipinski definition) is 10. The summed E-state index contributed by atoms with van der Waals surface area (Å²) in [5.41, 5.74) is 4.21. The Morgan fingerprint density at radius 1 is 0.860 bits per heavy atom. The molecule has 2 heterocycles. The van der Waals surface area contributed by atoms with Crippen LogP contribution in [0.3, 0.4) is 0 Å². The van der Waals surface area contributed by atoms with Gasteiger partial charge in [0, 0.05) is 18.9 Å². The fourth-order valence-corrected chi connectivity index (χ4v) is 5.42. The van der Waals surface area contributed by atoms with E-state index < -0.39 is 39.7 Å². The lowest BCUT2D eigenvalue weighted by molar-refractivity contribution is -0.693. The van der Waals surface area contributed by atoms with Crippen LogP contribution in [0, 0.1) is 0 Å². The summed E-state index contributed by atoms with van der Waals surface area (Å²) >= 11 is 0. The third-order valence-electron chi connectivity index (χ3n) is 6.83. The number of aromatic nitrogens is 1. The van der Waals surface area contributed by atoms with Crippen molar-refractivity contribution in [3.63, 3.8) is 0 Å². The molecule has 1 atom stereocenters. The van der Waals surface area contributed by atoms with Crippen molar-refractivity contribution in [2.75, 3.05) is 28.4 Å². The maximum Gasteiger partial charge on any atom is 0.321 e. The van der Waals surface area contributed by atoms with E-state index in [9.17, 15) is 32.5 Å². The predicted octanol–water partition coefficient (Wildman–Crippen LogP) is 1.86. The van der Waals surface area contributed by atoms with Gasteiger partial charge in [0.05, 0.1) is 52.2 Å². The second kappa shape index (κ2) is 13.6. The van der Waals surface area contributed by atoms with Gasteiger partial charge in [-0.15, -0.1) is 0 Å². The Labute approximate surface area is 246 Å². The van der Waals surface area contributed by atoms with Gasteiger partial charge in [-0.25, -0.2) is 8.42 Å². The highest BCUT2D eigenvalue weighted by Crippen LogP contribution is 2.40. The monoisotopic (exact) mass is 621 g/mol. The molecular weight excluding hydrogens is 590 g/mol. The summed E-state index contributed by atoms with van der Waals surface area (Å²) in [6.45, 7) is 0.747. The van der Waals surface area contributed by atoms with Crippen molar-refractivity contribution < 1.29 is 66.2 Å². The molecule has 1 unspecified atom stereocenters. The van der Waals surface area contributed by atoms with Crippen molar-refractivity contribution >= 4 is 38.8 Å². The Kier molecular flexibility index (Phi) is 10.4. The first-order valence-corrected chi connectivity index (χ1v) is 14.2. The number of hydrogen-bond donors (Lipinski definition) is 3. The van der Waals surface area contributed by atoms with Crippen molar-refractivity contribution in [3.8, 4) is 34.3 Å². The second-order valence-electron chi connectivity index (χ2n) is 9.35. The molecule has 1 aliphatic heterocycles. The van der Waals surface area contributed by atoms with Crippen LogP contribution in [0.2, 0.25) is 0 Å². The standard InChI is InChI=1S/C24H25NO6.C4H6O7S/c1-28-20-10-14-7-8-25-18(5-6-24(26)27)17-13-23(31-4)21(29-2)11-15(17)9-19(25)16(14)12-22(20)30-3;5-3(6)1-2(4(7)8)12(9,10)11/h9-13H,5-8H2,1-4H3;2H,1H2,(H,5,6)(H,7,8)(H,9,10,11). The van der Waals surface area contributed by atoms with Crippen molar-refractivity contribution in [3.05, 3.63) is 41.6 Å². The lowest BCUT2D eigenvalue weighted by Crippen LogP contribution is -2.44. The van der Waals surface area contributed by atoms with Crippen molar-refractivity contribution in [1.82, 2.24) is 0 Å². The summed E-state index contributed by atoms with van der Waals surface area (Å²) in [6.07, 6.45) is 0.0524. The van der Waals surface area contributed by atoms with Gasteiger partial charge in [-0.2, -0.15) is 4.57 Å². The molecule has 232 valence electrons. The minimum Gasteiger partial charge on any atom is -0.747 e. The molecule has 15 heteroatoms. The summed E-state index contributed by atoms with van der Waals surface area (Å²) in [4.78, 5) is 31.3. The van der Waals surface area contributed by atoms with Crippen LogP contribution in [-0.2, 0) is 43.9 Å². The number of pyridine rings is 1. The van der Waals surface area contributed by atoms with Gasteiger partial charge in [0.2, 0.25) is 5.69 Å². The topological polar surface area (TPSA) is 210 Å². The van der Waals surface area contributed by atoms with Crippen LogP contribution in [0.4, 0.5) is 0 Å². The van der Waals surface area contributed by atoms with E-state index in [4.69, 9.17) is 29.2 Å². The number of nitrogens with zero attached hydrogens (tertiary/aromatic N) is 1. The van der Waals surface area contributed by atoms with Crippen molar-refractivity contribution in [2.24, 2.45) is 0 Å². The Morgan fingerprint density at radius 3 is 1.91 bits per heavy atom. The highest BCUT2D eigenvalue weighted by atomic mass is 32.2. The highest BCUT2D eigenvalue weighted by Gasteiger charge is 2.31. The van der Waals surface area contributed by atoms with E-state index in [2.05, 4.69) is 10.6 Å². The number of carbonyl (C=O) groups is 3. The Balaban J connectivity index is 0.000000359. The van der Waals surface area contributed by atoms with E-state index in [1.165, 1.54) is 5.56 Å². The van der Waals surface area contributed by atoms with Gasteiger partial charge in [-0.05, 0) is 35.2 Å². The molecule has 0 aliphatic carbocycles. The largest absolute Gasteiger partial charge is 0.747 e. The van der Waals surface area contributed by atoms with Crippen molar-refractivity contribution in [1.29, 1.82) is 0 Å². The number of methoxy groups -OCH3 is 4. The SMILES string of the molecule is COc1cc2c(cc1OC)-c1cc3cc(OC)c(OC)cc3c(CCC(=O)O)[n+]1CC2.O=C(O)CC(C(=O)O)S(=O)(=O)[O-]. The molecule has 0 spiro atoms. The smallest absolute Gasteiger partial charge is 0.321 e. The number of carboxylic acids is 3. The molecule has 43 heavy (non-hydrogen) atoms. The van der Waals surface area contributed by atoms with Crippen molar-refractivity contribution in [2.45, 2.75) is 37.5 Å². The summed E-state index contributed by atoms with van der Waals surface area (Å²) in [5.74, 6) is -1.81. The Hall–Kier alpha value is -4.63. The van der Waals surface area contributed by atoms with Gasteiger partial charge in [0.15, 0.2) is 40.5 Å². The maximum absolute atomic E-state index is 11.4. The maximum atomic E-state index is 11.4. The summed E-state index contributed by atoms with van der Waals surface area (Å²) in [5, 5.41) is 25.0. The molecule has 0 radical (unpaired) electrons. The molecule has 0 amide bonds. The second-order valence-corrected chi connectivity index (χ2v) is 10.9. The van der Waals surface area contributed by atoms with Gasteiger partial charge in [-0.1, -0.05) is 0 Å². The first kappa shape index (κ1) is 32.9. The summed E-state index contributed by atoms with van der Waals surface area (Å²) in [6, 6.07) is 10.0. The number of carboxylic acid groups (broad SMARTS) is 3.